The molecule has 4 fully saturated rings. The number of fused-ring (bicyclic) bond motifs is 3. The molecule has 5 unspecified atom stereocenters. The van der Waals surface area contributed by atoms with Gasteiger partial charge >= 0.3 is 0 Å². The van der Waals surface area contributed by atoms with Crippen molar-refractivity contribution in [2.24, 2.45) is 23.7 Å². The number of anilines is 1. The van der Waals surface area contributed by atoms with Crippen molar-refractivity contribution in [3.05, 3.63) is 58.6 Å². The zero-order valence-electron chi connectivity index (χ0n) is 16.6. The molecule has 3 heteroatoms. The number of aryl methyl sites for hydroxylation is 1. The fourth-order valence-electron chi connectivity index (χ4n) is 7.92. The van der Waals surface area contributed by atoms with Crippen molar-refractivity contribution < 1.29 is 0 Å². The molecule has 28 heavy (non-hydrogen) atoms. The molecule has 4 bridgehead atoms. The van der Waals surface area contributed by atoms with Crippen LogP contribution >= 0.6 is 11.3 Å². The van der Waals surface area contributed by atoms with Crippen molar-refractivity contribution in [3.8, 4) is 0 Å². The van der Waals surface area contributed by atoms with Crippen molar-refractivity contribution in [2.45, 2.75) is 51.1 Å². The lowest BCUT2D eigenvalue weighted by Crippen LogP contribution is -2.52. The fourth-order valence-corrected chi connectivity index (χ4v) is 9.50. The van der Waals surface area contributed by atoms with E-state index in [9.17, 15) is 0 Å². The standard InChI is InChI=1S/C25H26N2S/c1-14-6-3-4-7-20(14)27-15(2)22-23-21(8-5-9-26-23)28-24(22)25(27)18-11-16-10-17(13-18)19(25)12-16/h3-9,15-19H,10-13H2,1-2H3/t15-,16?,17?,18?,19?,25?/m0/s1. The van der Waals surface area contributed by atoms with Crippen LogP contribution in [-0.4, -0.2) is 4.98 Å². The smallest absolute Gasteiger partial charge is 0.0866 e. The second-order valence-electron chi connectivity index (χ2n) is 9.73. The summed E-state index contributed by atoms with van der Waals surface area (Å²) in [6.07, 6.45) is 7.78. The zero-order chi connectivity index (χ0) is 18.6. The lowest BCUT2D eigenvalue weighted by molar-refractivity contribution is 0.151. The largest absolute Gasteiger partial charge is 0.353 e. The Kier molecular flexibility index (Phi) is 2.96. The van der Waals surface area contributed by atoms with Gasteiger partial charge < -0.3 is 4.90 Å². The van der Waals surface area contributed by atoms with E-state index in [2.05, 4.69) is 66.5 Å². The second-order valence-corrected chi connectivity index (χ2v) is 10.8. The number of thiophene rings is 1. The molecule has 1 spiro atoms. The number of para-hydroxylation sites is 1. The maximum Gasteiger partial charge on any atom is 0.0866 e. The molecule has 2 aromatic heterocycles. The Morgan fingerprint density at radius 2 is 1.96 bits per heavy atom. The topological polar surface area (TPSA) is 16.1 Å². The van der Waals surface area contributed by atoms with Gasteiger partial charge in [0.15, 0.2) is 0 Å². The number of rotatable bonds is 1. The molecule has 3 aromatic rings. The third-order valence-corrected chi connectivity index (χ3v) is 9.91. The first-order chi connectivity index (χ1) is 13.7. The molecule has 4 saturated carbocycles. The van der Waals surface area contributed by atoms with E-state index >= 15 is 0 Å². The molecule has 1 aliphatic heterocycles. The van der Waals surface area contributed by atoms with Crippen LogP contribution in [0.4, 0.5) is 5.69 Å². The maximum atomic E-state index is 4.88. The van der Waals surface area contributed by atoms with Gasteiger partial charge in [0.05, 0.1) is 21.8 Å². The number of pyridine rings is 1. The van der Waals surface area contributed by atoms with Crippen molar-refractivity contribution in [1.82, 2.24) is 4.98 Å². The molecule has 5 aliphatic rings. The quantitative estimate of drug-likeness (QED) is 0.478. The highest BCUT2D eigenvalue weighted by Crippen LogP contribution is 2.73. The number of nitrogens with zero attached hydrogens (tertiary/aromatic N) is 2. The van der Waals surface area contributed by atoms with Gasteiger partial charge in [-0.05, 0) is 87.0 Å². The summed E-state index contributed by atoms with van der Waals surface area (Å²) in [6, 6.07) is 13.9. The van der Waals surface area contributed by atoms with Crippen LogP contribution in [-0.2, 0) is 5.54 Å². The van der Waals surface area contributed by atoms with E-state index in [4.69, 9.17) is 4.98 Å². The lowest BCUT2D eigenvalue weighted by Gasteiger charge is -2.50. The van der Waals surface area contributed by atoms with Crippen molar-refractivity contribution in [2.75, 3.05) is 4.90 Å². The van der Waals surface area contributed by atoms with Gasteiger partial charge in [-0.3, -0.25) is 4.98 Å². The van der Waals surface area contributed by atoms with Gasteiger partial charge in [-0.2, -0.15) is 0 Å². The van der Waals surface area contributed by atoms with Crippen LogP contribution in [0.15, 0.2) is 42.6 Å². The van der Waals surface area contributed by atoms with Crippen LogP contribution in [0.5, 0.6) is 0 Å². The molecule has 142 valence electrons. The number of hydrogen-bond donors (Lipinski definition) is 0. The predicted molar refractivity (Wildman–Crippen MR) is 116 cm³/mol. The summed E-state index contributed by atoms with van der Waals surface area (Å²) < 4.78 is 1.39. The van der Waals surface area contributed by atoms with Crippen LogP contribution in [0.3, 0.4) is 0 Å². The van der Waals surface area contributed by atoms with Crippen LogP contribution < -0.4 is 4.90 Å². The normalized spacial score (nSPS) is 37.5. The van der Waals surface area contributed by atoms with Gasteiger partial charge in [-0.1, -0.05) is 18.2 Å². The second kappa shape index (κ2) is 5.18. The minimum absolute atomic E-state index is 0.212. The van der Waals surface area contributed by atoms with Crippen LogP contribution in [0, 0.1) is 30.6 Å². The number of hydrogen-bond acceptors (Lipinski definition) is 3. The van der Waals surface area contributed by atoms with Crippen LogP contribution in [0.25, 0.3) is 10.2 Å². The monoisotopic (exact) mass is 386 g/mol. The van der Waals surface area contributed by atoms with Gasteiger partial charge in [0.1, 0.15) is 0 Å². The minimum atomic E-state index is 0.212. The van der Waals surface area contributed by atoms with Crippen LogP contribution in [0.1, 0.15) is 54.7 Å². The molecule has 0 saturated heterocycles. The molecule has 0 amide bonds. The number of benzene rings is 1. The van der Waals surface area contributed by atoms with E-state index in [1.807, 2.05) is 6.20 Å². The van der Waals surface area contributed by atoms with E-state index < -0.39 is 0 Å². The third kappa shape index (κ3) is 1.66. The Bertz CT molecular complexity index is 1110. The molecule has 0 N–H and O–H groups in total. The molecule has 4 aliphatic carbocycles. The summed E-state index contributed by atoms with van der Waals surface area (Å²) in [7, 11) is 0. The fraction of sp³-hybridized carbons (Fsp3) is 0.480. The van der Waals surface area contributed by atoms with E-state index in [1.54, 1.807) is 10.4 Å². The Morgan fingerprint density at radius 1 is 1.07 bits per heavy atom. The summed E-state index contributed by atoms with van der Waals surface area (Å²) in [5.41, 5.74) is 5.89. The Morgan fingerprint density at radius 3 is 2.82 bits per heavy atom. The Balaban J connectivity index is 1.56. The van der Waals surface area contributed by atoms with Crippen LogP contribution in [0.2, 0.25) is 0 Å². The van der Waals surface area contributed by atoms with E-state index in [1.165, 1.54) is 47.2 Å². The molecular weight excluding hydrogens is 360 g/mol. The molecular formula is C25H26N2S. The van der Waals surface area contributed by atoms with E-state index in [-0.39, 0.29) is 5.54 Å². The highest BCUT2D eigenvalue weighted by Gasteiger charge is 2.69. The average Bonchev–Trinajstić information content (AvgIpc) is 3.35. The summed E-state index contributed by atoms with van der Waals surface area (Å²) in [4.78, 5) is 9.43. The summed E-state index contributed by atoms with van der Waals surface area (Å²) in [5, 5.41) is 0. The van der Waals surface area contributed by atoms with Gasteiger partial charge in [0.2, 0.25) is 0 Å². The van der Waals surface area contributed by atoms with E-state index in [0.717, 1.165) is 23.7 Å². The summed E-state index contributed by atoms with van der Waals surface area (Å²) in [6.45, 7) is 4.74. The maximum absolute atomic E-state index is 4.88. The molecule has 1 aromatic carbocycles. The van der Waals surface area contributed by atoms with Gasteiger partial charge in [-0.15, -0.1) is 11.3 Å². The first-order valence-electron chi connectivity index (χ1n) is 10.9. The average molecular weight is 387 g/mol. The Hall–Kier alpha value is -1.87. The molecule has 6 atom stereocenters. The van der Waals surface area contributed by atoms with Gasteiger partial charge in [0, 0.05) is 22.3 Å². The molecule has 3 heterocycles. The first-order valence-corrected chi connectivity index (χ1v) is 11.7. The lowest BCUT2D eigenvalue weighted by atomic mass is 9.69. The molecule has 0 radical (unpaired) electrons. The summed E-state index contributed by atoms with van der Waals surface area (Å²) >= 11 is 2.06. The summed E-state index contributed by atoms with van der Waals surface area (Å²) in [5.74, 6) is 3.57. The van der Waals surface area contributed by atoms with Gasteiger partial charge in [-0.25, -0.2) is 0 Å². The Labute approximate surface area is 170 Å². The van der Waals surface area contributed by atoms with Crippen molar-refractivity contribution in [3.63, 3.8) is 0 Å². The van der Waals surface area contributed by atoms with Gasteiger partial charge in [0.25, 0.3) is 0 Å². The highest BCUT2D eigenvalue weighted by molar-refractivity contribution is 7.19. The predicted octanol–water partition coefficient (Wildman–Crippen LogP) is 6.45. The van der Waals surface area contributed by atoms with Crippen molar-refractivity contribution in [1.29, 1.82) is 0 Å². The highest BCUT2D eigenvalue weighted by atomic mass is 32.1. The van der Waals surface area contributed by atoms with Crippen molar-refractivity contribution >= 4 is 27.2 Å². The first kappa shape index (κ1) is 16.0. The molecule has 2 nitrogen and oxygen atoms in total. The minimum Gasteiger partial charge on any atom is -0.353 e. The van der Waals surface area contributed by atoms with E-state index in [0.29, 0.717) is 6.04 Å². The third-order valence-electron chi connectivity index (χ3n) is 8.61. The SMILES string of the molecule is Cc1ccccc1N1[C@@H](C)c2c(sc3cccnc23)C12C1CC3CC(C1)C2C3. The zero-order valence-corrected chi connectivity index (χ0v) is 17.4. The number of aromatic nitrogens is 1. The molecule has 8 rings (SSSR count).